The molecule has 1 saturated heterocycles. The van der Waals surface area contributed by atoms with Gasteiger partial charge in [-0.25, -0.2) is 9.97 Å². The monoisotopic (exact) mass is 338 g/mol. The molecule has 0 radical (unpaired) electrons. The van der Waals surface area contributed by atoms with Crippen LogP contribution < -0.4 is 20.8 Å². The Kier molecular flexibility index (Phi) is 3.82. The second kappa shape index (κ2) is 6.02. The van der Waals surface area contributed by atoms with Crippen LogP contribution in [0.25, 0.3) is 0 Å². The lowest BCUT2D eigenvalue weighted by molar-refractivity contribution is -0.111. The second-order valence-electron chi connectivity index (χ2n) is 7.17. The van der Waals surface area contributed by atoms with Gasteiger partial charge in [-0.2, -0.15) is 0 Å². The van der Waals surface area contributed by atoms with Gasteiger partial charge in [-0.1, -0.05) is 0 Å². The summed E-state index contributed by atoms with van der Waals surface area (Å²) in [6.07, 6.45) is 6.12. The van der Waals surface area contributed by atoms with E-state index in [2.05, 4.69) is 21.8 Å². The number of hydrogen-bond donors (Lipinski definition) is 2. The summed E-state index contributed by atoms with van der Waals surface area (Å²) in [4.78, 5) is 11.0. The lowest BCUT2D eigenvalue weighted by Gasteiger charge is -2.16. The third-order valence-electron chi connectivity index (χ3n) is 4.99. The highest BCUT2D eigenvalue weighted by molar-refractivity contribution is 6.11. The second-order valence-corrected chi connectivity index (χ2v) is 7.17. The predicted molar refractivity (Wildman–Crippen MR) is 97.7 cm³/mol. The minimum absolute atomic E-state index is 0.0417. The Balaban J connectivity index is 1.61. The highest BCUT2D eigenvalue weighted by Gasteiger charge is 2.40. The van der Waals surface area contributed by atoms with Crippen molar-refractivity contribution in [3.63, 3.8) is 0 Å². The maximum absolute atomic E-state index is 6.41. The van der Waals surface area contributed by atoms with Gasteiger partial charge in [0.2, 0.25) is 5.71 Å². The normalized spacial score (nSPS) is 18.2. The minimum Gasteiger partial charge on any atom is -0.488 e. The first-order chi connectivity index (χ1) is 12.0. The molecule has 0 atom stereocenters. The average molecular weight is 338 g/mol. The maximum Gasteiger partial charge on any atom is 0.232 e. The van der Waals surface area contributed by atoms with E-state index < -0.39 is 0 Å². The Morgan fingerprint density at radius 1 is 1.20 bits per heavy atom. The summed E-state index contributed by atoms with van der Waals surface area (Å²) < 4.78 is 6.03. The molecular formula is C19H24N5O+. The Bertz CT molecular complexity index is 809. The molecule has 130 valence electrons. The maximum atomic E-state index is 6.41. The van der Waals surface area contributed by atoms with E-state index in [0.717, 1.165) is 43.1 Å². The molecule has 25 heavy (non-hydrogen) atoms. The van der Waals surface area contributed by atoms with Gasteiger partial charge in [-0.3, -0.25) is 5.41 Å². The van der Waals surface area contributed by atoms with Gasteiger partial charge in [0, 0.05) is 24.8 Å². The Morgan fingerprint density at radius 2 is 1.96 bits per heavy atom. The van der Waals surface area contributed by atoms with E-state index in [1.165, 1.54) is 12.8 Å². The number of hydrogen-bond acceptors (Lipinski definition) is 5. The summed E-state index contributed by atoms with van der Waals surface area (Å²) in [7, 11) is 0. The molecule has 0 unspecified atom stereocenters. The molecule has 4 N–H and O–H groups in total. The van der Waals surface area contributed by atoms with Crippen molar-refractivity contribution in [2.75, 3.05) is 23.7 Å². The summed E-state index contributed by atoms with van der Waals surface area (Å²) in [5.74, 6) is 1.71. The smallest absolute Gasteiger partial charge is 0.232 e. The molecule has 0 spiro atoms. The summed E-state index contributed by atoms with van der Waals surface area (Å²) in [6.45, 7) is 4.17. The fraction of sp³-hybridized carbons (Fsp3) is 0.421. The summed E-state index contributed by atoms with van der Waals surface area (Å²) >= 11 is 0. The number of ether oxygens (including phenoxy) is 1. The molecule has 6 nitrogen and oxygen atoms in total. The van der Waals surface area contributed by atoms with Crippen molar-refractivity contribution in [2.45, 2.75) is 38.2 Å². The lowest BCUT2D eigenvalue weighted by Crippen LogP contribution is -2.42. The first kappa shape index (κ1) is 15.9. The molecule has 0 amide bonds. The van der Waals surface area contributed by atoms with Crippen LogP contribution in [-0.2, 0) is 0 Å². The lowest BCUT2D eigenvalue weighted by atomic mass is 10.0. The molecule has 1 aliphatic carbocycles. The van der Waals surface area contributed by atoms with E-state index in [4.69, 9.17) is 15.9 Å². The van der Waals surface area contributed by atoms with Gasteiger partial charge in [-0.05, 0) is 50.8 Å². The highest BCUT2D eigenvalue weighted by Crippen LogP contribution is 2.40. The van der Waals surface area contributed by atoms with E-state index in [9.17, 15) is 0 Å². The van der Waals surface area contributed by atoms with E-state index in [0.29, 0.717) is 17.1 Å². The van der Waals surface area contributed by atoms with E-state index in [1.807, 2.05) is 24.3 Å². The SMILES string of the molecule is CC1(Oc2ccc(N)c(C(=[NH2+])c3cc(N4CCCC4)ncn3)c2)CC1. The van der Waals surface area contributed by atoms with Crippen LogP contribution in [0.4, 0.5) is 11.5 Å². The molecule has 2 heterocycles. The van der Waals surface area contributed by atoms with Crippen molar-refractivity contribution in [3.8, 4) is 5.75 Å². The molecule has 2 aliphatic rings. The molecule has 1 aromatic carbocycles. The molecule has 1 saturated carbocycles. The number of benzene rings is 1. The standard InChI is InChI=1S/C19H23N5O/c1-19(6-7-19)25-13-4-5-15(20)14(10-13)18(21)16-11-17(23-12-22-16)24-8-2-3-9-24/h4-5,10-12,21H,2-3,6-9,20H2,1H3/p+1. The van der Waals surface area contributed by atoms with Crippen LogP contribution >= 0.6 is 0 Å². The van der Waals surface area contributed by atoms with Gasteiger partial charge in [0.05, 0.1) is 5.56 Å². The summed E-state index contributed by atoms with van der Waals surface area (Å²) in [6, 6.07) is 7.58. The van der Waals surface area contributed by atoms with Crippen LogP contribution in [0.1, 0.15) is 43.9 Å². The zero-order chi connectivity index (χ0) is 17.4. The van der Waals surface area contributed by atoms with Crippen molar-refractivity contribution in [2.24, 2.45) is 0 Å². The third-order valence-corrected chi connectivity index (χ3v) is 4.99. The largest absolute Gasteiger partial charge is 0.488 e. The van der Waals surface area contributed by atoms with E-state index >= 15 is 0 Å². The van der Waals surface area contributed by atoms with Gasteiger partial charge >= 0.3 is 0 Å². The van der Waals surface area contributed by atoms with Crippen LogP contribution in [-0.4, -0.2) is 34.4 Å². The van der Waals surface area contributed by atoms with Crippen LogP contribution in [0.2, 0.25) is 0 Å². The molecule has 0 bridgehead atoms. The quantitative estimate of drug-likeness (QED) is 0.631. The van der Waals surface area contributed by atoms with Gasteiger partial charge in [-0.15, -0.1) is 0 Å². The zero-order valence-corrected chi connectivity index (χ0v) is 14.5. The Labute approximate surface area is 147 Å². The number of nitrogens with two attached hydrogens (primary N) is 2. The fourth-order valence-electron chi connectivity index (χ4n) is 3.15. The average Bonchev–Trinajstić information content (AvgIpc) is 3.12. The predicted octanol–water partition coefficient (Wildman–Crippen LogP) is 1.19. The summed E-state index contributed by atoms with van der Waals surface area (Å²) in [5.41, 5.74) is 8.73. The molecule has 1 aliphatic heterocycles. The van der Waals surface area contributed by atoms with Crippen LogP contribution in [0.3, 0.4) is 0 Å². The molecule has 1 aromatic heterocycles. The van der Waals surface area contributed by atoms with Crippen LogP contribution in [0.15, 0.2) is 30.6 Å². The zero-order valence-electron chi connectivity index (χ0n) is 14.5. The Hall–Kier alpha value is -2.63. The number of aromatic nitrogens is 2. The van der Waals surface area contributed by atoms with Gasteiger partial charge in [0.25, 0.3) is 0 Å². The minimum atomic E-state index is -0.0417. The number of rotatable bonds is 5. The van der Waals surface area contributed by atoms with Gasteiger partial charge in [0.15, 0.2) is 0 Å². The first-order valence-corrected chi connectivity index (χ1v) is 8.83. The number of nitrogens with zero attached hydrogens (tertiary/aromatic N) is 3. The van der Waals surface area contributed by atoms with E-state index in [1.54, 1.807) is 6.33 Å². The fourth-order valence-corrected chi connectivity index (χ4v) is 3.15. The third kappa shape index (κ3) is 3.29. The van der Waals surface area contributed by atoms with Crippen LogP contribution in [0, 0.1) is 0 Å². The molecule has 4 rings (SSSR count). The summed E-state index contributed by atoms with van der Waals surface area (Å²) in [5, 5.41) is 6.41. The van der Waals surface area contributed by atoms with Crippen molar-refractivity contribution in [1.29, 1.82) is 0 Å². The van der Waals surface area contributed by atoms with Crippen molar-refractivity contribution in [1.82, 2.24) is 9.97 Å². The molecule has 2 aromatic rings. The van der Waals surface area contributed by atoms with Crippen LogP contribution in [0.5, 0.6) is 5.75 Å². The van der Waals surface area contributed by atoms with E-state index in [-0.39, 0.29) is 5.60 Å². The number of nitrogen functional groups attached to an aromatic ring is 1. The van der Waals surface area contributed by atoms with Crippen molar-refractivity contribution >= 4 is 17.2 Å². The van der Waals surface area contributed by atoms with Crippen molar-refractivity contribution in [3.05, 3.63) is 41.9 Å². The molecular weight excluding hydrogens is 314 g/mol. The highest BCUT2D eigenvalue weighted by atomic mass is 16.5. The van der Waals surface area contributed by atoms with Gasteiger partial charge < -0.3 is 15.4 Å². The first-order valence-electron chi connectivity index (χ1n) is 8.83. The topological polar surface area (TPSA) is 89.9 Å². The Morgan fingerprint density at radius 3 is 2.68 bits per heavy atom. The number of anilines is 2. The van der Waals surface area contributed by atoms with Gasteiger partial charge in [0.1, 0.15) is 29.2 Å². The van der Waals surface area contributed by atoms with Crippen molar-refractivity contribution < 1.29 is 10.1 Å². The molecule has 2 fully saturated rings. The molecule has 6 heteroatoms.